The van der Waals surface area contributed by atoms with E-state index in [1.807, 2.05) is 54.6 Å². The summed E-state index contributed by atoms with van der Waals surface area (Å²) >= 11 is 0. The fraction of sp³-hybridized carbons (Fsp3) is 0.300. The van der Waals surface area contributed by atoms with Crippen molar-refractivity contribution >= 4 is 23.0 Å². The van der Waals surface area contributed by atoms with Crippen LogP contribution in [0.1, 0.15) is 25.6 Å². The monoisotopic (exact) mass is 383 g/mol. The van der Waals surface area contributed by atoms with E-state index in [4.69, 9.17) is 14.2 Å². The molecule has 1 heterocycles. The molecule has 1 atom stereocenters. The van der Waals surface area contributed by atoms with Gasteiger partial charge in [0.15, 0.2) is 6.23 Å². The second-order valence-corrected chi connectivity index (χ2v) is 5.81. The summed E-state index contributed by atoms with van der Waals surface area (Å²) in [7, 11) is 0. The number of carbonyl (C=O) groups is 2. The second kappa shape index (κ2) is 9.09. The first kappa shape index (κ1) is 19.5. The van der Waals surface area contributed by atoms with Crippen LogP contribution < -0.4 is 0 Å². The van der Waals surface area contributed by atoms with E-state index in [-0.39, 0.29) is 13.2 Å². The largest absolute Gasteiger partial charge is 0.464 e. The van der Waals surface area contributed by atoms with Gasteiger partial charge in [0, 0.05) is 5.56 Å². The van der Waals surface area contributed by atoms with Gasteiger partial charge in [-0.2, -0.15) is 0 Å². The smallest absolute Gasteiger partial charge is 0.347 e. The third-order valence-corrected chi connectivity index (χ3v) is 3.95. The van der Waals surface area contributed by atoms with Gasteiger partial charge in [-0.1, -0.05) is 47.7 Å². The normalized spacial score (nSPS) is 12.1. The third kappa shape index (κ3) is 4.17. The van der Waals surface area contributed by atoms with Crippen LogP contribution in [0.2, 0.25) is 0 Å². The summed E-state index contributed by atoms with van der Waals surface area (Å²) in [6.07, 6.45) is -2.43. The molecular formula is C20H21N3O5. The first-order valence-electron chi connectivity index (χ1n) is 8.99. The zero-order chi connectivity index (χ0) is 19.9. The highest BCUT2D eigenvalue weighted by atomic mass is 16.6. The van der Waals surface area contributed by atoms with Crippen molar-refractivity contribution < 1.29 is 23.8 Å². The Morgan fingerprint density at radius 1 is 0.929 bits per heavy atom. The highest BCUT2D eigenvalue weighted by Crippen LogP contribution is 2.25. The van der Waals surface area contributed by atoms with E-state index in [0.717, 1.165) is 0 Å². The molecule has 0 fully saturated rings. The summed E-state index contributed by atoms with van der Waals surface area (Å²) < 4.78 is 17.5. The third-order valence-electron chi connectivity index (χ3n) is 3.95. The van der Waals surface area contributed by atoms with Gasteiger partial charge in [0.2, 0.25) is 0 Å². The molecule has 8 heteroatoms. The van der Waals surface area contributed by atoms with E-state index in [0.29, 0.717) is 16.6 Å². The Bertz CT molecular complexity index is 923. The Morgan fingerprint density at radius 2 is 1.54 bits per heavy atom. The van der Waals surface area contributed by atoms with Crippen LogP contribution >= 0.6 is 0 Å². The Balaban J connectivity index is 2.03. The second-order valence-electron chi connectivity index (χ2n) is 5.81. The van der Waals surface area contributed by atoms with Crippen molar-refractivity contribution in [3.05, 3.63) is 60.2 Å². The van der Waals surface area contributed by atoms with Gasteiger partial charge in [-0.15, -0.1) is 5.10 Å². The Morgan fingerprint density at radius 3 is 2.18 bits per heavy atom. The molecule has 0 saturated heterocycles. The van der Waals surface area contributed by atoms with Gasteiger partial charge in [-0.25, -0.2) is 14.3 Å². The van der Waals surface area contributed by atoms with Gasteiger partial charge in [-0.3, -0.25) is 0 Å². The van der Waals surface area contributed by atoms with Crippen LogP contribution in [0.25, 0.3) is 11.0 Å². The molecule has 3 rings (SSSR count). The molecule has 0 saturated carbocycles. The van der Waals surface area contributed by atoms with Crippen LogP contribution in [-0.2, 0) is 23.8 Å². The van der Waals surface area contributed by atoms with Crippen molar-refractivity contribution in [1.82, 2.24) is 15.0 Å². The number of fused-ring (bicyclic) bond motifs is 1. The summed E-state index contributed by atoms with van der Waals surface area (Å²) in [5, 5.41) is 8.31. The Kier molecular flexibility index (Phi) is 6.33. The maximum Gasteiger partial charge on any atom is 0.347 e. The molecule has 3 aromatic rings. The summed E-state index contributed by atoms with van der Waals surface area (Å²) in [6, 6.07) is 16.5. The number of hydrogen-bond acceptors (Lipinski definition) is 7. The number of nitrogens with zero attached hydrogens (tertiary/aromatic N) is 3. The predicted octanol–water partition coefficient (Wildman–Crippen LogP) is 2.49. The zero-order valence-electron chi connectivity index (χ0n) is 15.6. The molecule has 0 N–H and O–H groups in total. The molecule has 0 unspecified atom stereocenters. The molecule has 8 nitrogen and oxygen atoms in total. The molecule has 28 heavy (non-hydrogen) atoms. The molecule has 0 bridgehead atoms. The van der Waals surface area contributed by atoms with Crippen LogP contribution in [0, 0.1) is 0 Å². The fourth-order valence-corrected chi connectivity index (χ4v) is 2.73. The van der Waals surface area contributed by atoms with Crippen LogP contribution in [-0.4, -0.2) is 46.3 Å². The number of carbonyl (C=O) groups excluding carboxylic acids is 2. The van der Waals surface area contributed by atoms with Crippen LogP contribution in [0.4, 0.5) is 0 Å². The standard InChI is InChI=1S/C20H21N3O5/c1-3-26-19(24)17(20(25)27-4-2)28-18(14-10-6-5-7-11-14)23-16-13-9-8-12-15(16)21-22-23/h5-13,17-18H,3-4H2,1-2H3/t18-/m0/s1. The van der Waals surface area contributed by atoms with Gasteiger partial charge >= 0.3 is 11.9 Å². The number of hydrogen-bond donors (Lipinski definition) is 0. The highest BCUT2D eigenvalue weighted by Gasteiger charge is 2.35. The lowest BCUT2D eigenvalue weighted by atomic mass is 10.2. The number of benzene rings is 2. The van der Waals surface area contributed by atoms with Gasteiger partial charge in [-0.05, 0) is 26.0 Å². The van der Waals surface area contributed by atoms with Gasteiger partial charge in [0.1, 0.15) is 5.52 Å². The minimum atomic E-state index is -1.55. The van der Waals surface area contributed by atoms with E-state index < -0.39 is 24.3 Å². The molecule has 0 aliphatic rings. The van der Waals surface area contributed by atoms with Gasteiger partial charge in [0.25, 0.3) is 6.10 Å². The molecular weight excluding hydrogens is 362 g/mol. The molecule has 2 aromatic carbocycles. The van der Waals surface area contributed by atoms with Crippen LogP contribution in [0.5, 0.6) is 0 Å². The van der Waals surface area contributed by atoms with E-state index in [2.05, 4.69) is 10.3 Å². The predicted molar refractivity (Wildman–Crippen MR) is 100 cm³/mol. The average Bonchev–Trinajstić information content (AvgIpc) is 3.13. The van der Waals surface area contributed by atoms with E-state index in [1.165, 1.54) is 4.68 Å². The first-order chi connectivity index (χ1) is 13.7. The number of ether oxygens (including phenoxy) is 3. The van der Waals surface area contributed by atoms with Crippen molar-refractivity contribution in [3.63, 3.8) is 0 Å². The van der Waals surface area contributed by atoms with Crippen molar-refractivity contribution in [2.75, 3.05) is 13.2 Å². The maximum atomic E-state index is 12.4. The molecule has 0 aliphatic carbocycles. The van der Waals surface area contributed by atoms with Crippen molar-refractivity contribution in [3.8, 4) is 0 Å². The number of esters is 2. The first-order valence-corrected chi connectivity index (χ1v) is 8.99. The molecule has 0 spiro atoms. The van der Waals surface area contributed by atoms with Crippen molar-refractivity contribution in [2.24, 2.45) is 0 Å². The summed E-state index contributed by atoms with van der Waals surface area (Å²) in [6.45, 7) is 3.53. The Hall–Kier alpha value is -3.26. The van der Waals surface area contributed by atoms with Gasteiger partial charge < -0.3 is 14.2 Å². The number of aromatic nitrogens is 3. The minimum absolute atomic E-state index is 0.111. The highest BCUT2D eigenvalue weighted by molar-refractivity contribution is 5.98. The lowest BCUT2D eigenvalue weighted by Crippen LogP contribution is -2.38. The zero-order valence-corrected chi connectivity index (χ0v) is 15.6. The van der Waals surface area contributed by atoms with Crippen LogP contribution in [0.3, 0.4) is 0 Å². The van der Waals surface area contributed by atoms with E-state index in [1.54, 1.807) is 13.8 Å². The van der Waals surface area contributed by atoms with Crippen LogP contribution in [0.15, 0.2) is 54.6 Å². The van der Waals surface area contributed by atoms with Crippen molar-refractivity contribution in [2.45, 2.75) is 26.2 Å². The molecule has 146 valence electrons. The average molecular weight is 383 g/mol. The summed E-state index contributed by atoms with van der Waals surface area (Å²) in [5.41, 5.74) is 2.05. The SMILES string of the molecule is CCOC(=O)C(O[C@@H](c1ccccc1)n1nnc2ccccc21)C(=O)OCC. The molecule has 0 amide bonds. The number of rotatable bonds is 8. The molecule has 0 aliphatic heterocycles. The quantitative estimate of drug-likeness (QED) is 0.436. The molecule has 1 aromatic heterocycles. The van der Waals surface area contributed by atoms with E-state index in [9.17, 15) is 9.59 Å². The minimum Gasteiger partial charge on any atom is -0.464 e. The topological polar surface area (TPSA) is 92.5 Å². The summed E-state index contributed by atoms with van der Waals surface area (Å²) in [5.74, 6) is -1.63. The van der Waals surface area contributed by atoms with Crippen molar-refractivity contribution in [1.29, 1.82) is 0 Å². The Labute approximate surface area is 162 Å². The lowest BCUT2D eigenvalue weighted by Gasteiger charge is -2.23. The van der Waals surface area contributed by atoms with Gasteiger partial charge in [0.05, 0.1) is 18.7 Å². The summed E-state index contributed by atoms with van der Waals surface area (Å²) in [4.78, 5) is 24.7. The fourth-order valence-electron chi connectivity index (χ4n) is 2.73. The van der Waals surface area contributed by atoms with E-state index >= 15 is 0 Å². The molecule has 0 radical (unpaired) electrons. The number of para-hydroxylation sites is 1. The maximum absolute atomic E-state index is 12.4. The lowest BCUT2D eigenvalue weighted by molar-refractivity contribution is -0.179.